The number of hydrogen-bond donors (Lipinski definition) is 0. The molecule has 2 aromatic heterocycles. The van der Waals surface area contributed by atoms with Crippen LogP contribution in [-0.4, -0.2) is 9.13 Å². The summed E-state index contributed by atoms with van der Waals surface area (Å²) in [6.45, 7) is 6.22. The number of hydrogen-bond acceptors (Lipinski definition) is 1. The Hall–Kier alpha value is -5.73. The lowest BCUT2D eigenvalue weighted by Crippen LogP contribution is -2.13. The van der Waals surface area contributed by atoms with E-state index in [1.165, 1.54) is 0 Å². The summed E-state index contributed by atoms with van der Waals surface area (Å²) in [5.74, 6) is -1.56. The third-order valence-corrected chi connectivity index (χ3v) is 9.06. The predicted molar refractivity (Wildman–Crippen MR) is 184 cm³/mol. The standard InChI is InChI=1S/C41H29F2N3/c1-41(2,3)26-14-12-13-25(23-26)36-37(42)39(45-32-19-8-4-15-27(32)28-16-5-9-20-33(28)45)31(24-44)40(38(36)43)46-34-21-10-6-17-29(34)30-18-7-11-22-35(30)46/h4-23H,1-3H3. The van der Waals surface area contributed by atoms with Crippen LogP contribution in [0.25, 0.3) is 66.1 Å². The van der Waals surface area contributed by atoms with Crippen molar-refractivity contribution < 1.29 is 8.78 Å². The van der Waals surface area contributed by atoms with E-state index in [-0.39, 0.29) is 27.9 Å². The number of aromatic nitrogens is 2. The summed E-state index contributed by atoms with van der Waals surface area (Å²) in [5.41, 5.74) is 3.83. The molecule has 8 rings (SSSR count). The Labute approximate surface area is 265 Å². The van der Waals surface area contributed by atoms with E-state index in [9.17, 15) is 5.26 Å². The maximum absolute atomic E-state index is 17.5. The Morgan fingerprint density at radius 2 is 0.935 bits per heavy atom. The van der Waals surface area contributed by atoms with E-state index in [2.05, 4.69) is 26.8 Å². The van der Waals surface area contributed by atoms with Crippen LogP contribution in [0.3, 0.4) is 0 Å². The minimum absolute atomic E-state index is 0.0225. The van der Waals surface area contributed by atoms with Gasteiger partial charge in [0.1, 0.15) is 23.0 Å². The first-order valence-corrected chi connectivity index (χ1v) is 15.3. The van der Waals surface area contributed by atoms with Gasteiger partial charge in [0.05, 0.1) is 27.6 Å². The van der Waals surface area contributed by atoms with Gasteiger partial charge < -0.3 is 9.13 Å². The summed E-state index contributed by atoms with van der Waals surface area (Å²) in [6, 6.07) is 40.7. The Morgan fingerprint density at radius 3 is 1.30 bits per heavy atom. The van der Waals surface area contributed by atoms with Crippen LogP contribution in [0.4, 0.5) is 8.78 Å². The lowest BCUT2D eigenvalue weighted by atomic mass is 9.85. The molecule has 0 fully saturated rings. The summed E-state index contributed by atoms with van der Waals surface area (Å²) in [4.78, 5) is 0. The van der Waals surface area contributed by atoms with Crippen molar-refractivity contribution in [2.75, 3.05) is 0 Å². The van der Waals surface area contributed by atoms with Crippen molar-refractivity contribution in [1.82, 2.24) is 9.13 Å². The lowest BCUT2D eigenvalue weighted by Gasteiger charge is -2.23. The smallest absolute Gasteiger partial charge is 0.159 e. The molecule has 0 saturated heterocycles. The number of benzene rings is 6. The second-order valence-electron chi connectivity index (χ2n) is 12.8. The quantitative estimate of drug-likeness (QED) is 0.198. The van der Waals surface area contributed by atoms with Crippen LogP contribution < -0.4 is 0 Å². The first kappa shape index (κ1) is 27.8. The summed E-state index contributed by atoms with van der Waals surface area (Å²) in [7, 11) is 0. The molecule has 6 aromatic carbocycles. The van der Waals surface area contributed by atoms with Crippen LogP contribution in [0.15, 0.2) is 121 Å². The Bertz CT molecular complexity index is 2310. The lowest BCUT2D eigenvalue weighted by molar-refractivity contribution is 0.578. The maximum atomic E-state index is 17.5. The molecular formula is C41H29F2N3. The number of fused-ring (bicyclic) bond motifs is 6. The van der Waals surface area contributed by atoms with Crippen molar-refractivity contribution in [3.63, 3.8) is 0 Å². The van der Waals surface area contributed by atoms with Crippen LogP contribution in [0.2, 0.25) is 0 Å². The van der Waals surface area contributed by atoms with E-state index in [0.717, 1.165) is 49.2 Å². The number of halogens is 2. The van der Waals surface area contributed by atoms with E-state index < -0.39 is 11.6 Å². The van der Waals surface area contributed by atoms with Gasteiger partial charge >= 0.3 is 0 Å². The van der Waals surface area contributed by atoms with E-state index in [1.807, 2.05) is 115 Å². The molecule has 0 aliphatic rings. The largest absolute Gasteiger partial charge is 0.305 e. The number of rotatable bonds is 3. The molecule has 5 heteroatoms. The monoisotopic (exact) mass is 601 g/mol. The van der Waals surface area contributed by atoms with Gasteiger partial charge in [0.2, 0.25) is 0 Å². The zero-order chi connectivity index (χ0) is 31.7. The highest BCUT2D eigenvalue weighted by atomic mass is 19.1. The summed E-state index contributed by atoms with van der Waals surface area (Å²) in [6.07, 6.45) is 0. The summed E-state index contributed by atoms with van der Waals surface area (Å²) >= 11 is 0. The Kier molecular flexibility index (Phi) is 6.13. The van der Waals surface area contributed by atoms with Crippen LogP contribution >= 0.6 is 0 Å². The van der Waals surface area contributed by atoms with Gasteiger partial charge in [0.25, 0.3) is 0 Å². The fourth-order valence-electron chi connectivity index (χ4n) is 6.91. The number of para-hydroxylation sites is 4. The Balaban J connectivity index is 1.62. The summed E-state index contributed by atoms with van der Waals surface area (Å²) in [5, 5.41) is 14.6. The fraction of sp³-hybridized carbons (Fsp3) is 0.0976. The topological polar surface area (TPSA) is 33.6 Å². The SMILES string of the molecule is CC(C)(C)c1cccc(-c2c(F)c(-n3c4ccccc4c4ccccc43)c(C#N)c(-n3c4ccccc4c4ccccc43)c2F)c1. The average molecular weight is 602 g/mol. The van der Waals surface area contributed by atoms with Gasteiger partial charge in [-0.25, -0.2) is 8.78 Å². The van der Waals surface area contributed by atoms with Gasteiger partial charge in [-0.2, -0.15) is 5.26 Å². The van der Waals surface area contributed by atoms with E-state index >= 15 is 8.78 Å². The maximum Gasteiger partial charge on any atom is 0.159 e. The second kappa shape index (κ2) is 10.2. The molecule has 0 bridgehead atoms. The number of nitriles is 1. The molecule has 46 heavy (non-hydrogen) atoms. The van der Waals surface area contributed by atoms with Crippen molar-refractivity contribution in [3.05, 3.63) is 144 Å². The molecular weight excluding hydrogens is 572 g/mol. The molecule has 0 atom stereocenters. The van der Waals surface area contributed by atoms with Gasteiger partial charge in [-0.05, 0) is 40.8 Å². The van der Waals surface area contributed by atoms with E-state index in [0.29, 0.717) is 5.56 Å². The van der Waals surface area contributed by atoms with Crippen LogP contribution in [0.5, 0.6) is 0 Å². The van der Waals surface area contributed by atoms with Crippen molar-refractivity contribution in [3.8, 4) is 28.6 Å². The molecule has 3 nitrogen and oxygen atoms in total. The Morgan fingerprint density at radius 1 is 0.543 bits per heavy atom. The zero-order valence-corrected chi connectivity index (χ0v) is 25.6. The molecule has 0 N–H and O–H groups in total. The molecule has 0 aliphatic heterocycles. The van der Waals surface area contributed by atoms with Crippen molar-refractivity contribution in [1.29, 1.82) is 5.26 Å². The van der Waals surface area contributed by atoms with Gasteiger partial charge in [0.15, 0.2) is 11.6 Å². The third kappa shape index (κ3) is 3.93. The highest BCUT2D eigenvalue weighted by Crippen LogP contribution is 2.44. The normalized spacial score (nSPS) is 12.0. The summed E-state index contributed by atoms with van der Waals surface area (Å²) < 4.78 is 38.7. The average Bonchev–Trinajstić information content (AvgIpc) is 3.57. The van der Waals surface area contributed by atoms with Crippen molar-refractivity contribution in [2.24, 2.45) is 0 Å². The van der Waals surface area contributed by atoms with Crippen LogP contribution in [-0.2, 0) is 5.41 Å². The van der Waals surface area contributed by atoms with Crippen LogP contribution in [0, 0.1) is 23.0 Å². The fourth-order valence-corrected chi connectivity index (χ4v) is 6.91. The molecule has 0 spiro atoms. The molecule has 0 amide bonds. The van der Waals surface area contributed by atoms with Gasteiger partial charge in [0, 0.05) is 21.5 Å². The first-order chi connectivity index (χ1) is 22.3. The minimum Gasteiger partial charge on any atom is -0.305 e. The molecule has 0 radical (unpaired) electrons. The molecule has 2 heterocycles. The molecule has 8 aromatic rings. The second-order valence-corrected chi connectivity index (χ2v) is 12.8. The van der Waals surface area contributed by atoms with Gasteiger partial charge in [-0.15, -0.1) is 0 Å². The molecule has 0 unspecified atom stereocenters. The van der Waals surface area contributed by atoms with E-state index in [1.54, 1.807) is 15.2 Å². The molecule has 0 aliphatic carbocycles. The number of nitrogens with zero attached hydrogens (tertiary/aromatic N) is 3. The highest BCUT2D eigenvalue weighted by Gasteiger charge is 2.31. The van der Waals surface area contributed by atoms with Crippen molar-refractivity contribution in [2.45, 2.75) is 26.2 Å². The third-order valence-electron chi connectivity index (χ3n) is 9.06. The molecule has 222 valence electrons. The van der Waals surface area contributed by atoms with Crippen molar-refractivity contribution >= 4 is 43.6 Å². The van der Waals surface area contributed by atoms with E-state index in [4.69, 9.17) is 0 Å². The molecule has 0 saturated carbocycles. The first-order valence-electron chi connectivity index (χ1n) is 15.3. The predicted octanol–water partition coefficient (Wildman–Crippen LogP) is 11.0. The zero-order valence-electron chi connectivity index (χ0n) is 25.6. The van der Waals surface area contributed by atoms with Gasteiger partial charge in [-0.1, -0.05) is 118 Å². The van der Waals surface area contributed by atoms with Crippen LogP contribution in [0.1, 0.15) is 31.9 Å². The highest BCUT2D eigenvalue weighted by molar-refractivity contribution is 6.11. The minimum atomic E-state index is -0.781. The van der Waals surface area contributed by atoms with Gasteiger partial charge in [-0.3, -0.25) is 0 Å².